The molecule has 0 amide bonds. The summed E-state index contributed by atoms with van der Waals surface area (Å²) in [5, 5.41) is 0. The van der Waals surface area contributed by atoms with Gasteiger partial charge in [-0.1, -0.05) is 31.5 Å². The van der Waals surface area contributed by atoms with E-state index in [1.165, 1.54) is 0 Å². The van der Waals surface area contributed by atoms with E-state index in [9.17, 15) is 0 Å². The maximum absolute atomic E-state index is 5.90. The minimum atomic E-state index is -2.24. The second-order valence-electron chi connectivity index (χ2n) is 3.84. The van der Waals surface area contributed by atoms with Crippen LogP contribution in [0.15, 0.2) is 42.6 Å². The van der Waals surface area contributed by atoms with Gasteiger partial charge >= 0.3 is 8.56 Å². The van der Waals surface area contributed by atoms with Gasteiger partial charge in [0.05, 0.1) is 0 Å². The molecule has 1 rings (SSSR count). The Hall–Kier alpha value is -1.06. The molecule has 1 aromatic carbocycles. The van der Waals surface area contributed by atoms with E-state index in [1.807, 2.05) is 42.6 Å². The second kappa shape index (κ2) is 6.50. The fourth-order valence-corrected chi connectivity index (χ4v) is 2.69. The smallest absolute Gasteiger partial charge is 0.422 e. The molecular formula is C13H20O2Si. The van der Waals surface area contributed by atoms with Gasteiger partial charge in [-0.15, -0.1) is 6.58 Å². The lowest BCUT2D eigenvalue weighted by Gasteiger charge is -2.24. The van der Waals surface area contributed by atoms with Crippen molar-refractivity contribution < 1.29 is 8.85 Å². The van der Waals surface area contributed by atoms with E-state index in [4.69, 9.17) is 8.85 Å². The van der Waals surface area contributed by atoms with E-state index in [0.29, 0.717) is 0 Å². The van der Waals surface area contributed by atoms with E-state index in [-0.39, 0.29) is 0 Å². The fourth-order valence-electron chi connectivity index (χ4n) is 1.27. The monoisotopic (exact) mass is 236 g/mol. The van der Waals surface area contributed by atoms with Crippen LogP contribution >= 0.6 is 0 Å². The molecule has 0 saturated heterocycles. The summed E-state index contributed by atoms with van der Waals surface area (Å²) in [6.45, 7) is 8.73. The molecule has 2 nitrogen and oxygen atoms in total. The van der Waals surface area contributed by atoms with Crippen LogP contribution in [0.2, 0.25) is 6.55 Å². The molecule has 1 atom stereocenters. The summed E-state index contributed by atoms with van der Waals surface area (Å²) in [5.41, 5.74) is 1.83. The van der Waals surface area contributed by atoms with E-state index in [1.54, 1.807) is 0 Å². The summed E-state index contributed by atoms with van der Waals surface area (Å²) < 4.78 is 11.7. The van der Waals surface area contributed by atoms with Gasteiger partial charge in [0.25, 0.3) is 0 Å². The zero-order valence-electron chi connectivity index (χ0n) is 10.1. The zero-order valence-corrected chi connectivity index (χ0v) is 11.1. The summed E-state index contributed by atoms with van der Waals surface area (Å²) in [7, 11) is -2.24. The highest BCUT2D eigenvalue weighted by Gasteiger charge is 2.29. The first-order valence-electron chi connectivity index (χ1n) is 5.72. The number of hydrogen-bond acceptors (Lipinski definition) is 2. The van der Waals surface area contributed by atoms with Crippen LogP contribution in [0.5, 0.6) is 5.75 Å². The minimum absolute atomic E-state index is 0.748. The molecule has 0 N–H and O–H groups in total. The Bertz CT molecular complexity index is 313. The Morgan fingerprint density at radius 3 is 2.56 bits per heavy atom. The molecule has 1 unspecified atom stereocenters. The minimum Gasteiger partial charge on any atom is -0.518 e. The lowest BCUT2D eigenvalue weighted by atomic mass is 10.3. The molecule has 0 aliphatic rings. The van der Waals surface area contributed by atoms with Gasteiger partial charge < -0.3 is 8.85 Å². The molecule has 1 aromatic rings. The number of para-hydroxylation sites is 1. The SMILES string of the molecule is C=C[Si](C)(OCCCC)Oc1ccccc1. The van der Waals surface area contributed by atoms with Crippen molar-refractivity contribution in [2.75, 3.05) is 6.61 Å². The molecule has 0 fully saturated rings. The Kier molecular flexibility index (Phi) is 5.29. The summed E-state index contributed by atoms with van der Waals surface area (Å²) >= 11 is 0. The van der Waals surface area contributed by atoms with Crippen molar-refractivity contribution >= 4 is 8.56 Å². The van der Waals surface area contributed by atoms with E-state index in [0.717, 1.165) is 25.2 Å². The van der Waals surface area contributed by atoms with Crippen molar-refractivity contribution in [1.29, 1.82) is 0 Å². The molecule has 0 aliphatic carbocycles. The van der Waals surface area contributed by atoms with Crippen molar-refractivity contribution in [3.05, 3.63) is 42.6 Å². The first-order chi connectivity index (χ1) is 7.70. The molecule has 88 valence electrons. The summed E-state index contributed by atoms with van der Waals surface area (Å²) in [6, 6.07) is 9.77. The number of benzene rings is 1. The van der Waals surface area contributed by atoms with Crippen LogP contribution in [-0.4, -0.2) is 15.2 Å². The molecule has 0 aliphatic heterocycles. The fraction of sp³-hybridized carbons (Fsp3) is 0.385. The highest BCUT2D eigenvalue weighted by atomic mass is 28.4. The molecule has 16 heavy (non-hydrogen) atoms. The highest BCUT2D eigenvalue weighted by Crippen LogP contribution is 2.17. The van der Waals surface area contributed by atoms with Gasteiger partial charge in [0.1, 0.15) is 5.75 Å². The van der Waals surface area contributed by atoms with Crippen LogP contribution in [0, 0.1) is 0 Å². The highest BCUT2D eigenvalue weighted by molar-refractivity contribution is 6.71. The van der Waals surface area contributed by atoms with Crippen LogP contribution in [0.3, 0.4) is 0 Å². The van der Waals surface area contributed by atoms with Gasteiger partial charge in [0, 0.05) is 6.61 Å². The van der Waals surface area contributed by atoms with Gasteiger partial charge in [-0.25, -0.2) is 0 Å². The van der Waals surface area contributed by atoms with Gasteiger partial charge in [-0.2, -0.15) is 0 Å². The topological polar surface area (TPSA) is 18.5 Å². The number of hydrogen-bond donors (Lipinski definition) is 0. The van der Waals surface area contributed by atoms with Gasteiger partial charge in [-0.3, -0.25) is 0 Å². The van der Waals surface area contributed by atoms with Crippen LogP contribution in [-0.2, 0) is 4.43 Å². The van der Waals surface area contributed by atoms with Crippen LogP contribution in [0.1, 0.15) is 19.8 Å². The molecule has 0 heterocycles. The molecule has 0 bridgehead atoms. The second-order valence-corrected chi connectivity index (χ2v) is 6.77. The molecule has 3 heteroatoms. The maximum Gasteiger partial charge on any atom is 0.422 e. The van der Waals surface area contributed by atoms with Crippen LogP contribution < -0.4 is 4.43 Å². The average Bonchev–Trinajstić information content (AvgIpc) is 2.31. The van der Waals surface area contributed by atoms with Crippen molar-refractivity contribution in [3.8, 4) is 5.75 Å². The van der Waals surface area contributed by atoms with Gasteiger partial charge in [-0.05, 0) is 30.8 Å². The largest absolute Gasteiger partial charge is 0.518 e. The van der Waals surface area contributed by atoms with E-state index in [2.05, 4.69) is 13.5 Å². The molecule has 0 spiro atoms. The Morgan fingerprint density at radius 1 is 1.31 bits per heavy atom. The first-order valence-corrected chi connectivity index (χ1v) is 8.11. The summed E-state index contributed by atoms with van der Waals surface area (Å²) in [5.74, 6) is 0.855. The third-order valence-electron chi connectivity index (χ3n) is 2.32. The Labute approximate surface area is 99.2 Å². The molecular weight excluding hydrogens is 216 g/mol. The predicted octanol–water partition coefficient (Wildman–Crippen LogP) is 3.68. The van der Waals surface area contributed by atoms with Gasteiger partial charge in [0.15, 0.2) is 0 Å². The lowest BCUT2D eigenvalue weighted by molar-refractivity contribution is 0.248. The van der Waals surface area contributed by atoms with Crippen LogP contribution in [0.25, 0.3) is 0 Å². The lowest BCUT2D eigenvalue weighted by Crippen LogP contribution is -2.40. The standard InChI is InChI=1S/C13H20O2Si/c1-4-6-12-14-16(3,5-2)15-13-10-8-7-9-11-13/h5,7-11H,2,4,6,12H2,1,3H3. The molecule has 0 radical (unpaired) electrons. The Morgan fingerprint density at radius 2 is 2.00 bits per heavy atom. The third kappa shape index (κ3) is 4.21. The molecule has 0 aromatic heterocycles. The van der Waals surface area contributed by atoms with Gasteiger partial charge in [0.2, 0.25) is 0 Å². The zero-order chi connectivity index (χ0) is 11.9. The third-order valence-corrected chi connectivity index (χ3v) is 4.48. The average molecular weight is 236 g/mol. The summed E-state index contributed by atoms with van der Waals surface area (Å²) in [4.78, 5) is 0. The number of unbranched alkanes of at least 4 members (excludes halogenated alkanes) is 1. The van der Waals surface area contributed by atoms with Crippen molar-refractivity contribution in [2.24, 2.45) is 0 Å². The first kappa shape index (κ1) is 13.0. The maximum atomic E-state index is 5.90. The quantitative estimate of drug-likeness (QED) is 0.531. The number of rotatable bonds is 7. The summed E-state index contributed by atoms with van der Waals surface area (Å²) in [6.07, 6.45) is 2.20. The van der Waals surface area contributed by atoms with E-state index >= 15 is 0 Å². The van der Waals surface area contributed by atoms with Crippen LogP contribution in [0.4, 0.5) is 0 Å². The van der Waals surface area contributed by atoms with E-state index < -0.39 is 8.56 Å². The molecule has 0 saturated carbocycles. The van der Waals surface area contributed by atoms with Crippen molar-refractivity contribution in [3.63, 3.8) is 0 Å². The van der Waals surface area contributed by atoms with Crippen molar-refractivity contribution in [2.45, 2.75) is 26.3 Å². The Balaban J connectivity index is 2.56. The van der Waals surface area contributed by atoms with Crippen molar-refractivity contribution in [1.82, 2.24) is 0 Å². The normalized spacial score (nSPS) is 14.1. The predicted molar refractivity (Wildman–Crippen MR) is 69.7 cm³/mol.